The van der Waals surface area contributed by atoms with Crippen LogP contribution in [0.15, 0.2) is 48.5 Å². The standard InChI is InChI=1S/C22H27N3O3S/c1-14(2)28-18-11-6-8-15(12-18)19(26)25-21(29)24-17-10-7-9-16(13-17)23-20(27)22(3,4)5/h6-14H,1-5H3,(H,23,27)(H2,24,25,26,29). The zero-order valence-corrected chi connectivity index (χ0v) is 18.1. The normalized spacial score (nSPS) is 11.0. The quantitative estimate of drug-likeness (QED) is 0.625. The van der Waals surface area contributed by atoms with Crippen LogP contribution in [0.1, 0.15) is 45.0 Å². The van der Waals surface area contributed by atoms with Gasteiger partial charge in [0, 0.05) is 22.4 Å². The molecule has 0 saturated carbocycles. The number of amides is 2. The second-order valence-electron chi connectivity index (χ2n) is 7.89. The monoisotopic (exact) mass is 413 g/mol. The number of rotatable bonds is 5. The van der Waals surface area contributed by atoms with Crippen LogP contribution in [0.2, 0.25) is 0 Å². The van der Waals surface area contributed by atoms with Gasteiger partial charge in [0.2, 0.25) is 5.91 Å². The van der Waals surface area contributed by atoms with Crippen LogP contribution < -0.4 is 20.7 Å². The first-order chi connectivity index (χ1) is 13.5. The maximum Gasteiger partial charge on any atom is 0.257 e. The van der Waals surface area contributed by atoms with E-state index in [-0.39, 0.29) is 23.0 Å². The van der Waals surface area contributed by atoms with E-state index < -0.39 is 5.41 Å². The van der Waals surface area contributed by atoms with Crippen LogP contribution in [-0.4, -0.2) is 23.0 Å². The Hall–Kier alpha value is -2.93. The lowest BCUT2D eigenvalue weighted by molar-refractivity contribution is -0.123. The lowest BCUT2D eigenvalue weighted by Crippen LogP contribution is -2.34. The van der Waals surface area contributed by atoms with E-state index in [9.17, 15) is 9.59 Å². The van der Waals surface area contributed by atoms with E-state index in [1.807, 2.05) is 34.6 Å². The molecule has 0 radical (unpaired) electrons. The number of carbonyl (C=O) groups is 2. The minimum absolute atomic E-state index is 0.0158. The maximum atomic E-state index is 12.5. The molecule has 29 heavy (non-hydrogen) atoms. The van der Waals surface area contributed by atoms with Gasteiger partial charge in [-0.05, 0) is 62.5 Å². The average molecular weight is 414 g/mol. The maximum absolute atomic E-state index is 12.5. The molecule has 0 saturated heterocycles. The fourth-order valence-corrected chi connectivity index (χ4v) is 2.52. The van der Waals surface area contributed by atoms with Crippen LogP contribution in [0.5, 0.6) is 5.75 Å². The molecule has 2 aromatic rings. The summed E-state index contributed by atoms with van der Waals surface area (Å²) in [6.45, 7) is 9.37. The molecule has 0 fully saturated rings. The second kappa shape index (κ2) is 9.52. The molecule has 6 nitrogen and oxygen atoms in total. The van der Waals surface area contributed by atoms with E-state index in [1.54, 1.807) is 48.5 Å². The fraction of sp³-hybridized carbons (Fsp3) is 0.318. The van der Waals surface area contributed by atoms with Crippen LogP contribution in [0, 0.1) is 5.41 Å². The molecular formula is C22H27N3O3S. The van der Waals surface area contributed by atoms with Gasteiger partial charge in [-0.1, -0.05) is 32.9 Å². The Balaban J connectivity index is 1.99. The van der Waals surface area contributed by atoms with Gasteiger partial charge in [-0.2, -0.15) is 0 Å². The van der Waals surface area contributed by atoms with Gasteiger partial charge in [-0.3, -0.25) is 14.9 Å². The van der Waals surface area contributed by atoms with Gasteiger partial charge in [0.05, 0.1) is 6.10 Å². The number of benzene rings is 2. The van der Waals surface area contributed by atoms with Crippen molar-refractivity contribution >= 4 is 40.5 Å². The van der Waals surface area contributed by atoms with Crippen molar-refractivity contribution in [1.82, 2.24) is 5.32 Å². The van der Waals surface area contributed by atoms with E-state index in [2.05, 4.69) is 16.0 Å². The Labute approximate surface area is 177 Å². The molecule has 154 valence electrons. The number of carbonyl (C=O) groups excluding carboxylic acids is 2. The Bertz CT molecular complexity index is 904. The molecule has 0 bridgehead atoms. The Kier molecular flexibility index (Phi) is 7.34. The molecule has 0 aromatic heterocycles. The number of nitrogens with one attached hydrogen (secondary N) is 3. The minimum atomic E-state index is -0.499. The van der Waals surface area contributed by atoms with Crippen LogP contribution in [-0.2, 0) is 4.79 Å². The molecule has 7 heteroatoms. The zero-order valence-electron chi connectivity index (χ0n) is 17.3. The molecule has 2 rings (SSSR count). The highest BCUT2D eigenvalue weighted by Crippen LogP contribution is 2.20. The van der Waals surface area contributed by atoms with Crippen molar-refractivity contribution in [3.63, 3.8) is 0 Å². The average Bonchev–Trinajstić information content (AvgIpc) is 2.60. The summed E-state index contributed by atoms with van der Waals surface area (Å²) in [6.07, 6.45) is 0.0158. The van der Waals surface area contributed by atoms with E-state index in [0.29, 0.717) is 22.7 Å². The first-order valence-electron chi connectivity index (χ1n) is 9.35. The smallest absolute Gasteiger partial charge is 0.257 e. The van der Waals surface area contributed by atoms with Crippen molar-refractivity contribution in [3.8, 4) is 5.75 Å². The lowest BCUT2D eigenvalue weighted by Gasteiger charge is -2.18. The van der Waals surface area contributed by atoms with Crippen LogP contribution in [0.25, 0.3) is 0 Å². The van der Waals surface area contributed by atoms with Gasteiger partial charge in [-0.15, -0.1) is 0 Å². The Morgan fingerprint density at radius 2 is 1.59 bits per heavy atom. The van der Waals surface area contributed by atoms with Gasteiger partial charge in [0.1, 0.15) is 5.75 Å². The molecule has 2 aromatic carbocycles. The predicted molar refractivity (Wildman–Crippen MR) is 120 cm³/mol. The van der Waals surface area contributed by atoms with Gasteiger partial charge >= 0.3 is 0 Å². The molecule has 0 aliphatic heterocycles. The molecule has 0 atom stereocenters. The molecular weight excluding hydrogens is 386 g/mol. The molecule has 0 spiro atoms. The first-order valence-corrected chi connectivity index (χ1v) is 9.76. The summed E-state index contributed by atoms with van der Waals surface area (Å²) in [4.78, 5) is 24.6. The van der Waals surface area contributed by atoms with Gasteiger partial charge in [0.15, 0.2) is 5.11 Å². The highest BCUT2D eigenvalue weighted by atomic mass is 32.1. The number of ether oxygens (including phenoxy) is 1. The van der Waals surface area contributed by atoms with Crippen molar-refractivity contribution in [2.24, 2.45) is 5.41 Å². The van der Waals surface area contributed by atoms with Crippen LogP contribution in [0.4, 0.5) is 11.4 Å². The number of anilines is 2. The first kappa shape index (κ1) is 22.4. The topological polar surface area (TPSA) is 79.5 Å². The number of thiocarbonyl (C=S) groups is 1. The van der Waals surface area contributed by atoms with E-state index in [0.717, 1.165) is 0 Å². The molecule has 0 aliphatic rings. The van der Waals surface area contributed by atoms with Gasteiger partial charge in [-0.25, -0.2) is 0 Å². The van der Waals surface area contributed by atoms with Crippen LogP contribution in [0.3, 0.4) is 0 Å². The summed E-state index contributed by atoms with van der Waals surface area (Å²) in [7, 11) is 0. The summed E-state index contributed by atoms with van der Waals surface area (Å²) in [5.41, 5.74) is 1.24. The van der Waals surface area contributed by atoms with Gasteiger partial charge in [0.25, 0.3) is 5.91 Å². The highest BCUT2D eigenvalue weighted by molar-refractivity contribution is 7.80. The molecule has 2 amide bonds. The summed E-state index contributed by atoms with van der Waals surface area (Å²) >= 11 is 5.24. The number of hydrogen-bond acceptors (Lipinski definition) is 4. The van der Waals surface area contributed by atoms with Crippen molar-refractivity contribution in [2.45, 2.75) is 40.7 Å². The van der Waals surface area contributed by atoms with E-state index in [1.165, 1.54) is 0 Å². The Morgan fingerprint density at radius 3 is 2.21 bits per heavy atom. The molecule has 0 heterocycles. The predicted octanol–water partition coefficient (Wildman–Crippen LogP) is 4.59. The summed E-state index contributed by atoms with van der Waals surface area (Å²) in [5, 5.41) is 8.62. The number of hydrogen-bond donors (Lipinski definition) is 3. The fourth-order valence-electron chi connectivity index (χ4n) is 2.31. The third kappa shape index (κ3) is 7.19. The highest BCUT2D eigenvalue weighted by Gasteiger charge is 2.21. The molecule has 0 aliphatic carbocycles. The summed E-state index contributed by atoms with van der Waals surface area (Å²) < 4.78 is 5.61. The zero-order chi connectivity index (χ0) is 21.6. The van der Waals surface area contributed by atoms with E-state index in [4.69, 9.17) is 17.0 Å². The second-order valence-corrected chi connectivity index (χ2v) is 8.30. The van der Waals surface area contributed by atoms with Gasteiger partial charge < -0.3 is 15.4 Å². The molecule has 0 unspecified atom stereocenters. The Morgan fingerprint density at radius 1 is 0.966 bits per heavy atom. The SMILES string of the molecule is CC(C)Oc1cccc(C(=O)NC(=S)Nc2cccc(NC(=O)C(C)(C)C)c2)c1. The van der Waals surface area contributed by atoms with Crippen molar-refractivity contribution in [2.75, 3.05) is 10.6 Å². The lowest BCUT2D eigenvalue weighted by atomic mass is 9.95. The minimum Gasteiger partial charge on any atom is -0.491 e. The van der Waals surface area contributed by atoms with Crippen molar-refractivity contribution < 1.29 is 14.3 Å². The molecule has 3 N–H and O–H groups in total. The van der Waals surface area contributed by atoms with Crippen molar-refractivity contribution in [1.29, 1.82) is 0 Å². The summed E-state index contributed by atoms with van der Waals surface area (Å²) in [6, 6.07) is 14.0. The third-order valence-electron chi connectivity index (χ3n) is 3.75. The van der Waals surface area contributed by atoms with E-state index >= 15 is 0 Å². The van der Waals surface area contributed by atoms with Crippen LogP contribution >= 0.6 is 12.2 Å². The summed E-state index contributed by atoms with van der Waals surface area (Å²) in [5.74, 6) is 0.191. The third-order valence-corrected chi connectivity index (χ3v) is 3.96. The van der Waals surface area contributed by atoms with Crippen molar-refractivity contribution in [3.05, 3.63) is 54.1 Å². The largest absolute Gasteiger partial charge is 0.491 e.